The van der Waals surface area contributed by atoms with Crippen LogP contribution in [0, 0.1) is 30.5 Å². The summed E-state index contributed by atoms with van der Waals surface area (Å²) in [4.78, 5) is 35.7. The summed E-state index contributed by atoms with van der Waals surface area (Å²) in [6.07, 6.45) is 7.11. The molecule has 0 saturated heterocycles. The van der Waals surface area contributed by atoms with Crippen LogP contribution in [0.25, 0.3) is 33.1 Å². The summed E-state index contributed by atoms with van der Waals surface area (Å²) in [5, 5.41) is 3.62. The van der Waals surface area contributed by atoms with Gasteiger partial charge in [0, 0.05) is 17.1 Å². The number of anilines is 1. The van der Waals surface area contributed by atoms with Crippen molar-refractivity contribution in [1.29, 1.82) is 0 Å². The minimum Gasteiger partial charge on any atom is -0.466 e. The maximum atomic E-state index is 16.1. The zero-order valence-corrected chi connectivity index (χ0v) is 22.0. The number of esters is 1. The molecule has 0 radical (unpaired) electrons. The molecular weight excluding hydrogens is 515 g/mol. The van der Waals surface area contributed by atoms with Crippen molar-refractivity contribution in [2.75, 3.05) is 11.9 Å². The topological polar surface area (TPSA) is 106 Å². The highest BCUT2D eigenvalue weighted by Crippen LogP contribution is 2.47. The maximum absolute atomic E-state index is 16.1. The van der Waals surface area contributed by atoms with Crippen molar-refractivity contribution in [1.82, 2.24) is 24.9 Å². The minimum absolute atomic E-state index is 0.0779. The van der Waals surface area contributed by atoms with Gasteiger partial charge in [-0.3, -0.25) is 4.79 Å². The smallest absolute Gasteiger partial charge is 0.311 e. The Morgan fingerprint density at radius 3 is 2.73 bits per heavy atom. The third-order valence-electron chi connectivity index (χ3n) is 7.50. The lowest BCUT2D eigenvalue weighted by atomic mass is 9.61. The number of thiophene rings is 1. The number of nitrogens with zero attached hydrogens (tertiary/aromatic N) is 4. The number of nitrogens with one attached hydrogen (secondary N) is 2. The average Bonchev–Trinajstić information content (AvgIpc) is 3.52. The lowest BCUT2D eigenvalue weighted by molar-refractivity contribution is -0.154. The zero-order valence-electron chi connectivity index (χ0n) is 20.4. The lowest BCUT2D eigenvalue weighted by Crippen LogP contribution is -2.52. The Kier molecular flexibility index (Phi) is 6.32. The fraction of sp³-hybridized carbons (Fsp3) is 0.423. The van der Waals surface area contributed by atoms with Crippen LogP contribution in [0.15, 0.2) is 24.5 Å². The summed E-state index contributed by atoms with van der Waals surface area (Å²) in [6.45, 7) is 4.10. The predicted octanol–water partition coefficient (Wildman–Crippen LogP) is 6.02. The van der Waals surface area contributed by atoms with Crippen LogP contribution in [-0.2, 0) is 9.53 Å². The van der Waals surface area contributed by atoms with Crippen molar-refractivity contribution < 1.29 is 13.9 Å². The molecule has 11 heteroatoms. The normalized spacial score (nSPS) is 22.9. The van der Waals surface area contributed by atoms with E-state index in [1.807, 2.05) is 26.0 Å². The Labute approximate surface area is 222 Å². The molecule has 4 aromatic rings. The standard InChI is InChI=1S/C26H26ClFN6O2S/c1-3-36-26(35)18-13-5-7-14(8-6-13)20(18)32-24-19(28)22(16-9-4-12(2)37-16)33-23(34-24)15-10-30-25-21(15)29-11-17(27)31-25/h4,9-11,13-14,18,20H,3,5-8H2,1-2H3,(H,30,31)(H,32,33,34)/t13?,14?,18-,20-/m1/s1. The van der Waals surface area contributed by atoms with Crippen LogP contribution in [0.5, 0.6) is 0 Å². The van der Waals surface area contributed by atoms with E-state index >= 15 is 4.39 Å². The van der Waals surface area contributed by atoms with Crippen LogP contribution in [0.2, 0.25) is 5.15 Å². The van der Waals surface area contributed by atoms with Gasteiger partial charge in [0.2, 0.25) is 0 Å². The van der Waals surface area contributed by atoms with E-state index in [9.17, 15) is 4.79 Å². The Balaban J connectivity index is 1.47. The highest BCUT2D eigenvalue weighted by molar-refractivity contribution is 7.15. The van der Waals surface area contributed by atoms with Crippen LogP contribution in [0.3, 0.4) is 0 Å². The van der Waals surface area contributed by atoms with E-state index in [0.29, 0.717) is 34.0 Å². The molecule has 2 bridgehead atoms. The molecule has 4 aromatic heterocycles. The summed E-state index contributed by atoms with van der Waals surface area (Å²) >= 11 is 7.47. The number of aromatic amines is 1. The first-order chi connectivity index (χ1) is 17.9. The predicted molar refractivity (Wildman–Crippen MR) is 141 cm³/mol. The third kappa shape index (κ3) is 4.35. The molecule has 0 aromatic carbocycles. The van der Waals surface area contributed by atoms with Gasteiger partial charge >= 0.3 is 5.97 Å². The molecule has 3 aliphatic rings. The van der Waals surface area contributed by atoms with E-state index in [4.69, 9.17) is 16.3 Å². The molecule has 3 saturated carbocycles. The first-order valence-electron chi connectivity index (χ1n) is 12.5. The fourth-order valence-corrected chi connectivity index (χ4v) is 6.81. The van der Waals surface area contributed by atoms with E-state index in [-0.39, 0.29) is 46.4 Å². The number of halogens is 2. The SMILES string of the molecule is CCOC(=O)[C@@H]1C2CCC(CC2)[C@H]1Nc1nc(-c2c[nH]c3nc(Cl)cnc23)nc(-c2ccc(C)s2)c1F. The van der Waals surface area contributed by atoms with Gasteiger partial charge in [0.25, 0.3) is 0 Å². The van der Waals surface area contributed by atoms with Gasteiger partial charge in [0.1, 0.15) is 16.4 Å². The molecule has 2 atom stereocenters. The minimum atomic E-state index is -0.538. The summed E-state index contributed by atoms with van der Waals surface area (Å²) in [7, 11) is 0. The monoisotopic (exact) mass is 540 g/mol. The molecule has 0 unspecified atom stereocenters. The molecule has 0 aliphatic heterocycles. The second-order valence-corrected chi connectivity index (χ2v) is 11.4. The molecule has 3 aliphatic carbocycles. The van der Waals surface area contributed by atoms with Gasteiger partial charge in [0.05, 0.1) is 29.2 Å². The number of hydrogen-bond donors (Lipinski definition) is 2. The largest absolute Gasteiger partial charge is 0.466 e. The second kappa shape index (κ2) is 9.64. The van der Waals surface area contributed by atoms with E-state index in [2.05, 4.69) is 30.2 Å². The summed E-state index contributed by atoms with van der Waals surface area (Å²) in [5.41, 5.74) is 1.82. The molecule has 192 valence electrons. The molecule has 37 heavy (non-hydrogen) atoms. The van der Waals surface area contributed by atoms with Gasteiger partial charge in [-0.25, -0.2) is 24.3 Å². The van der Waals surface area contributed by atoms with Crippen LogP contribution in [-0.4, -0.2) is 43.5 Å². The van der Waals surface area contributed by atoms with Gasteiger partial charge in [-0.1, -0.05) is 11.6 Å². The number of ether oxygens (including phenoxy) is 1. The second-order valence-electron chi connectivity index (χ2n) is 9.68. The number of H-pyrrole nitrogens is 1. The van der Waals surface area contributed by atoms with Crippen molar-refractivity contribution in [3.8, 4) is 22.0 Å². The summed E-state index contributed by atoms with van der Waals surface area (Å²) in [6, 6.07) is 3.53. The van der Waals surface area contributed by atoms with E-state index in [1.165, 1.54) is 17.5 Å². The average molecular weight is 541 g/mol. The highest BCUT2D eigenvalue weighted by atomic mass is 35.5. The number of carbonyl (C=O) groups excluding carboxylic acids is 1. The van der Waals surface area contributed by atoms with Gasteiger partial charge in [-0.05, 0) is 63.5 Å². The van der Waals surface area contributed by atoms with Crippen molar-refractivity contribution in [3.63, 3.8) is 0 Å². The van der Waals surface area contributed by atoms with E-state index in [0.717, 1.165) is 30.6 Å². The number of aryl methyl sites for hydroxylation is 1. The molecule has 7 rings (SSSR count). The van der Waals surface area contributed by atoms with Crippen LogP contribution < -0.4 is 5.32 Å². The van der Waals surface area contributed by atoms with Gasteiger partial charge in [-0.15, -0.1) is 11.3 Å². The number of hydrogen-bond acceptors (Lipinski definition) is 8. The fourth-order valence-electron chi connectivity index (χ4n) is 5.83. The van der Waals surface area contributed by atoms with Crippen molar-refractivity contribution >= 4 is 45.9 Å². The molecule has 0 spiro atoms. The third-order valence-corrected chi connectivity index (χ3v) is 8.69. The van der Waals surface area contributed by atoms with Gasteiger partial charge in [-0.2, -0.15) is 0 Å². The first-order valence-corrected chi connectivity index (χ1v) is 13.7. The number of rotatable bonds is 6. The Bertz CT molecular complexity index is 1480. The quantitative estimate of drug-likeness (QED) is 0.288. The molecule has 2 N–H and O–H groups in total. The summed E-state index contributed by atoms with van der Waals surface area (Å²) in [5.74, 6) is -0.246. The van der Waals surface area contributed by atoms with E-state index < -0.39 is 5.82 Å². The van der Waals surface area contributed by atoms with Crippen LogP contribution in [0.4, 0.5) is 10.2 Å². The lowest BCUT2D eigenvalue weighted by Gasteiger charge is -2.47. The highest BCUT2D eigenvalue weighted by Gasteiger charge is 2.48. The molecule has 3 fully saturated rings. The number of carbonyl (C=O) groups is 1. The molecule has 8 nitrogen and oxygen atoms in total. The molecule has 4 heterocycles. The zero-order chi connectivity index (χ0) is 25.7. The van der Waals surface area contributed by atoms with Crippen molar-refractivity contribution in [3.05, 3.63) is 40.4 Å². The number of fused-ring (bicyclic) bond motifs is 4. The van der Waals surface area contributed by atoms with Crippen LogP contribution in [0.1, 0.15) is 37.5 Å². The first kappa shape index (κ1) is 24.2. The van der Waals surface area contributed by atoms with Gasteiger partial charge < -0.3 is 15.0 Å². The Morgan fingerprint density at radius 2 is 2.00 bits per heavy atom. The Morgan fingerprint density at radius 1 is 1.22 bits per heavy atom. The van der Waals surface area contributed by atoms with Crippen molar-refractivity contribution in [2.24, 2.45) is 17.8 Å². The maximum Gasteiger partial charge on any atom is 0.311 e. The van der Waals surface area contributed by atoms with Crippen LogP contribution >= 0.6 is 22.9 Å². The molecule has 0 amide bonds. The summed E-state index contributed by atoms with van der Waals surface area (Å²) < 4.78 is 21.5. The number of aromatic nitrogens is 5. The molecular formula is C26H26ClFN6O2S. The Hall–Kier alpha value is -3.11. The van der Waals surface area contributed by atoms with Crippen molar-refractivity contribution in [2.45, 2.75) is 45.6 Å². The van der Waals surface area contributed by atoms with E-state index in [1.54, 1.807) is 6.20 Å². The van der Waals surface area contributed by atoms with Gasteiger partial charge in [0.15, 0.2) is 23.1 Å².